The highest BCUT2D eigenvalue weighted by molar-refractivity contribution is 5.41. The van der Waals surface area contributed by atoms with Gasteiger partial charge in [-0.1, -0.05) is 52.0 Å². The van der Waals surface area contributed by atoms with Crippen LogP contribution in [0.15, 0.2) is 48.5 Å². The van der Waals surface area contributed by atoms with Crippen LogP contribution in [0.4, 0.5) is 0 Å². The van der Waals surface area contributed by atoms with Gasteiger partial charge >= 0.3 is 0 Å². The van der Waals surface area contributed by atoms with E-state index in [0.717, 1.165) is 64.0 Å². The predicted octanol–water partition coefficient (Wildman–Crippen LogP) is 5.62. The van der Waals surface area contributed by atoms with Gasteiger partial charge in [-0.25, -0.2) is 0 Å². The van der Waals surface area contributed by atoms with Crippen molar-refractivity contribution >= 4 is 0 Å². The zero-order chi connectivity index (χ0) is 22.0. The van der Waals surface area contributed by atoms with Gasteiger partial charge in [0, 0.05) is 5.41 Å². The van der Waals surface area contributed by atoms with Gasteiger partial charge in [0.25, 0.3) is 0 Å². The molecule has 4 nitrogen and oxygen atoms in total. The van der Waals surface area contributed by atoms with Gasteiger partial charge in [0.15, 0.2) is 0 Å². The molecule has 0 saturated carbocycles. The van der Waals surface area contributed by atoms with Crippen molar-refractivity contribution in [1.29, 1.82) is 0 Å². The summed E-state index contributed by atoms with van der Waals surface area (Å²) in [5.41, 5.74) is 2.83. The summed E-state index contributed by atoms with van der Waals surface area (Å²) in [5, 5.41) is 0. The molecule has 0 aromatic heterocycles. The highest BCUT2D eigenvalue weighted by atomic mass is 16.5. The minimum Gasteiger partial charge on any atom is -0.493 e. The summed E-state index contributed by atoms with van der Waals surface area (Å²) < 4.78 is 22.9. The Kier molecular flexibility index (Phi) is 6.32. The normalized spacial score (nSPS) is 19.2. The van der Waals surface area contributed by atoms with E-state index in [1.165, 1.54) is 11.1 Å². The van der Waals surface area contributed by atoms with Gasteiger partial charge in [-0.3, -0.25) is 0 Å². The molecule has 0 aliphatic carbocycles. The molecule has 4 rings (SSSR count). The van der Waals surface area contributed by atoms with Crippen LogP contribution in [0.2, 0.25) is 0 Å². The Morgan fingerprint density at radius 1 is 0.677 bits per heavy atom. The quantitative estimate of drug-likeness (QED) is 0.496. The fourth-order valence-electron chi connectivity index (χ4n) is 4.14. The van der Waals surface area contributed by atoms with Crippen LogP contribution in [0.1, 0.15) is 51.7 Å². The van der Waals surface area contributed by atoms with Crippen molar-refractivity contribution in [2.75, 3.05) is 39.6 Å². The Morgan fingerprint density at radius 3 is 1.29 bits per heavy atom. The number of hydrogen-bond donors (Lipinski definition) is 0. The van der Waals surface area contributed by atoms with Gasteiger partial charge in [0.1, 0.15) is 11.5 Å². The summed E-state index contributed by atoms with van der Waals surface area (Å²) in [6.07, 6.45) is 2.18. The van der Waals surface area contributed by atoms with Gasteiger partial charge < -0.3 is 18.9 Å². The minimum atomic E-state index is -0.101. The Bertz CT molecular complexity index is 763. The zero-order valence-electron chi connectivity index (χ0n) is 19.4. The van der Waals surface area contributed by atoms with Gasteiger partial charge in [0.05, 0.1) is 50.5 Å². The van der Waals surface area contributed by atoms with Crippen molar-refractivity contribution in [1.82, 2.24) is 0 Å². The van der Waals surface area contributed by atoms with Crippen LogP contribution in [0, 0.1) is 10.8 Å². The van der Waals surface area contributed by atoms with E-state index in [-0.39, 0.29) is 16.2 Å². The van der Waals surface area contributed by atoms with Gasteiger partial charge in [0.2, 0.25) is 0 Å². The van der Waals surface area contributed by atoms with Crippen molar-refractivity contribution in [2.45, 2.75) is 46.0 Å². The van der Waals surface area contributed by atoms with E-state index < -0.39 is 0 Å². The topological polar surface area (TPSA) is 36.9 Å². The lowest BCUT2D eigenvalue weighted by atomic mass is 9.78. The summed E-state index contributed by atoms with van der Waals surface area (Å²) in [7, 11) is 0. The molecule has 0 atom stereocenters. The molecule has 0 bridgehead atoms. The molecule has 2 aromatic rings. The second-order valence-electron chi connectivity index (χ2n) is 9.94. The van der Waals surface area contributed by atoms with Crippen LogP contribution >= 0.6 is 0 Å². The van der Waals surface area contributed by atoms with Gasteiger partial charge in [-0.15, -0.1) is 0 Å². The van der Waals surface area contributed by atoms with E-state index in [4.69, 9.17) is 18.9 Å². The fourth-order valence-corrected chi connectivity index (χ4v) is 4.14. The third kappa shape index (κ3) is 4.61. The first kappa shape index (κ1) is 22.2. The summed E-state index contributed by atoms with van der Waals surface area (Å²) >= 11 is 0. The van der Waals surface area contributed by atoms with E-state index in [1.54, 1.807) is 0 Å². The Hall–Kier alpha value is -2.04. The molecule has 31 heavy (non-hydrogen) atoms. The summed E-state index contributed by atoms with van der Waals surface area (Å²) in [4.78, 5) is 0. The molecule has 2 aliphatic rings. The number of ether oxygens (including phenoxy) is 4. The largest absolute Gasteiger partial charge is 0.493 e. The van der Waals surface area contributed by atoms with Crippen molar-refractivity contribution in [2.24, 2.45) is 10.8 Å². The second-order valence-corrected chi connectivity index (χ2v) is 9.94. The van der Waals surface area contributed by atoms with Crippen LogP contribution in [0.25, 0.3) is 0 Å². The maximum Gasteiger partial charge on any atom is 0.119 e. The van der Waals surface area contributed by atoms with Crippen molar-refractivity contribution < 1.29 is 18.9 Å². The van der Waals surface area contributed by atoms with Crippen molar-refractivity contribution in [3.8, 4) is 11.5 Å². The molecule has 0 N–H and O–H groups in total. The average Bonchev–Trinajstić information content (AvgIpc) is 2.73. The molecular formula is C27H36O4. The summed E-state index contributed by atoms with van der Waals surface area (Å²) in [5.74, 6) is 1.85. The maximum atomic E-state index is 6.07. The summed E-state index contributed by atoms with van der Waals surface area (Å²) in [6.45, 7) is 13.6. The molecule has 4 heteroatoms. The number of hydrogen-bond acceptors (Lipinski definition) is 4. The van der Waals surface area contributed by atoms with E-state index in [9.17, 15) is 0 Å². The van der Waals surface area contributed by atoms with Crippen LogP contribution in [0.3, 0.4) is 0 Å². The lowest BCUT2D eigenvalue weighted by Gasteiger charge is -2.40. The monoisotopic (exact) mass is 424 g/mol. The van der Waals surface area contributed by atoms with Crippen LogP contribution < -0.4 is 9.47 Å². The van der Waals surface area contributed by atoms with E-state index in [2.05, 4.69) is 76.2 Å². The molecule has 0 radical (unpaired) electrons. The Morgan fingerprint density at radius 2 is 1.03 bits per heavy atom. The molecule has 2 fully saturated rings. The lowest BCUT2D eigenvalue weighted by Crippen LogP contribution is -2.46. The molecule has 2 aliphatic heterocycles. The first-order valence-electron chi connectivity index (χ1n) is 11.5. The predicted molar refractivity (Wildman–Crippen MR) is 123 cm³/mol. The van der Waals surface area contributed by atoms with Gasteiger partial charge in [-0.2, -0.15) is 0 Å². The third-order valence-corrected chi connectivity index (χ3v) is 7.38. The van der Waals surface area contributed by atoms with E-state index in [0.29, 0.717) is 0 Å². The smallest absolute Gasteiger partial charge is 0.119 e. The molecule has 0 spiro atoms. The first-order chi connectivity index (χ1) is 14.9. The molecule has 2 heterocycles. The average molecular weight is 425 g/mol. The standard InChI is InChI=1S/C27H36O4/c1-5-26(15-28-16-26)19-30-23-11-7-21(8-12-23)25(3,4)22-9-13-24(14-10-22)31-20-27(6-2)17-29-18-27/h7-14H,5-6,15-20H2,1-4H3. The minimum absolute atomic E-state index is 0.101. The second kappa shape index (κ2) is 8.84. The highest BCUT2D eigenvalue weighted by Crippen LogP contribution is 2.36. The summed E-state index contributed by atoms with van der Waals surface area (Å²) in [6, 6.07) is 17.1. The Labute approximate surface area is 186 Å². The molecule has 0 unspecified atom stereocenters. The molecule has 2 saturated heterocycles. The molecule has 2 aromatic carbocycles. The van der Waals surface area contributed by atoms with Crippen molar-refractivity contribution in [3.05, 3.63) is 59.7 Å². The maximum absolute atomic E-state index is 6.07. The molecule has 168 valence electrons. The molecule has 0 amide bonds. The van der Waals surface area contributed by atoms with E-state index in [1.807, 2.05) is 0 Å². The highest BCUT2D eigenvalue weighted by Gasteiger charge is 2.38. The molecular weight excluding hydrogens is 388 g/mol. The lowest BCUT2D eigenvalue weighted by molar-refractivity contribution is -0.133. The number of benzene rings is 2. The van der Waals surface area contributed by atoms with Crippen LogP contribution in [-0.2, 0) is 14.9 Å². The third-order valence-electron chi connectivity index (χ3n) is 7.38. The van der Waals surface area contributed by atoms with E-state index >= 15 is 0 Å². The van der Waals surface area contributed by atoms with Gasteiger partial charge in [-0.05, 0) is 48.2 Å². The zero-order valence-corrected chi connectivity index (χ0v) is 19.4. The first-order valence-corrected chi connectivity index (χ1v) is 11.5. The Balaban J connectivity index is 1.37. The number of rotatable bonds is 10. The van der Waals surface area contributed by atoms with Crippen molar-refractivity contribution in [3.63, 3.8) is 0 Å². The SMILES string of the molecule is CCC1(COc2ccc(C(C)(C)c3ccc(OCC4(CC)COC4)cc3)cc2)COC1. The van der Waals surface area contributed by atoms with Crippen LogP contribution in [0.5, 0.6) is 11.5 Å². The fraction of sp³-hybridized carbons (Fsp3) is 0.556. The van der Waals surface area contributed by atoms with Crippen LogP contribution in [-0.4, -0.2) is 39.6 Å².